The molecular formula is C17H15N3O. The van der Waals surface area contributed by atoms with E-state index < -0.39 is 0 Å². The summed E-state index contributed by atoms with van der Waals surface area (Å²) >= 11 is 0. The Hall–Kier alpha value is -2.93. The molecule has 1 heterocycles. The molecule has 0 aliphatic carbocycles. The third-order valence-electron chi connectivity index (χ3n) is 3.32. The fourth-order valence-corrected chi connectivity index (χ4v) is 2.26. The number of rotatable bonds is 5. The number of hydrogen-bond donors (Lipinski definition) is 2. The van der Waals surface area contributed by atoms with Gasteiger partial charge in [0.2, 0.25) is 0 Å². The Labute approximate surface area is 123 Å². The molecule has 4 heteroatoms. The summed E-state index contributed by atoms with van der Waals surface area (Å²) in [5.74, 6) is 0.703. The molecule has 3 aromatic rings. The van der Waals surface area contributed by atoms with Crippen LogP contribution in [0.5, 0.6) is 5.75 Å². The van der Waals surface area contributed by atoms with Crippen LogP contribution in [-0.4, -0.2) is 11.6 Å². The zero-order valence-electron chi connectivity index (χ0n) is 11.5. The van der Waals surface area contributed by atoms with E-state index in [1.165, 1.54) is 10.9 Å². The zero-order valence-corrected chi connectivity index (χ0v) is 11.5. The summed E-state index contributed by atoms with van der Waals surface area (Å²) in [4.78, 5) is 3.27. The normalized spacial score (nSPS) is 10.2. The van der Waals surface area contributed by atoms with Crippen LogP contribution in [0.2, 0.25) is 0 Å². The van der Waals surface area contributed by atoms with E-state index in [9.17, 15) is 0 Å². The maximum absolute atomic E-state index is 8.47. The molecule has 0 spiro atoms. The fraction of sp³-hybridized carbons (Fsp3) is 0.118. The van der Waals surface area contributed by atoms with E-state index in [0.29, 0.717) is 5.75 Å². The van der Waals surface area contributed by atoms with E-state index in [1.54, 1.807) is 0 Å². The Morgan fingerprint density at radius 3 is 2.71 bits per heavy atom. The third-order valence-corrected chi connectivity index (χ3v) is 3.32. The number of nitrogens with one attached hydrogen (secondary N) is 2. The van der Waals surface area contributed by atoms with Crippen LogP contribution in [0.4, 0.5) is 5.69 Å². The monoisotopic (exact) mass is 277 g/mol. The molecule has 0 saturated heterocycles. The molecule has 0 aliphatic rings. The number of hydrogen-bond acceptors (Lipinski definition) is 3. The van der Waals surface area contributed by atoms with Gasteiger partial charge in [-0.2, -0.15) is 5.26 Å². The third kappa shape index (κ3) is 2.98. The van der Waals surface area contributed by atoms with E-state index in [-0.39, 0.29) is 6.61 Å². The average Bonchev–Trinajstić information content (AvgIpc) is 2.95. The number of fused-ring (bicyclic) bond motifs is 1. The molecule has 0 amide bonds. The minimum atomic E-state index is 0.0715. The second kappa shape index (κ2) is 6.02. The first-order valence-corrected chi connectivity index (χ1v) is 6.75. The van der Waals surface area contributed by atoms with Gasteiger partial charge in [0.1, 0.15) is 11.8 Å². The van der Waals surface area contributed by atoms with Crippen molar-refractivity contribution in [1.29, 1.82) is 5.26 Å². The van der Waals surface area contributed by atoms with Crippen molar-refractivity contribution in [3.05, 3.63) is 60.3 Å². The Bertz CT molecular complexity index is 769. The average molecular weight is 277 g/mol. The second-order valence-corrected chi connectivity index (χ2v) is 4.68. The van der Waals surface area contributed by atoms with Gasteiger partial charge in [-0.15, -0.1) is 0 Å². The number of nitriles is 1. The number of aromatic nitrogens is 1. The number of benzene rings is 2. The molecule has 2 aromatic carbocycles. The van der Waals surface area contributed by atoms with Gasteiger partial charge < -0.3 is 15.0 Å². The summed E-state index contributed by atoms with van der Waals surface area (Å²) in [6, 6.07) is 17.8. The Morgan fingerprint density at radius 1 is 1.10 bits per heavy atom. The molecular weight excluding hydrogens is 262 g/mol. The largest absolute Gasteiger partial charge is 0.479 e. The van der Waals surface area contributed by atoms with Gasteiger partial charge in [0, 0.05) is 29.3 Å². The molecule has 3 rings (SSSR count). The maximum atomic E-state index is 8.47. The Balaban J connectivity index is 1.66. The summed E-state index contributed by atoms with van der Waals surface area (Å²) in [6.45, 7) is 0.824. The first-order valence-electron chi connectivity index (χ1n) is 6.75. The summed E-state index contributed by atoms with van der Waals surface area (Å²) in [5, 5.41) is 13.1. The quantitative estimate of drug-likeness (QED) is 0.747. The lowest BCUT2D eigenvalue weighted by Gasteiger charge is -2.07. The molecule has 2 N–H and O–H groups in total. The lowest BCUT2D eigenvalue weighted by Crippen LogP contribution is -1.99. The van der Waals surface area contributed by atoms with Crippen molar-refractivity contribution < 1.29 is 4.74 Å². The molecule has 104 valence electrons. The number of nitrogens with zero attached hydrogens (tertiary/aromatic N) is 1. The van der Waals surface area contributed by atoms with E-state index in [1.807, 2.05) is 48.7 Å². The number of para-hydroxylation sites is 1. The summed E-state index contributed by atoms with van der Waals surface area (Å²) < 4.78 is 5.22. The maximum Gasteiger partial charge on any atom is 0.174 e. The van der Waals surface area contributed by atoms with Crippen molar-refractivity contribution in [3.63, 3.8) is 0 Å². The number of anilines is 1. The van der Waals surface area contributed by atoms with Gasteiger partial charge in [0.25, 0.3) is 0 Å². The van der Waals surface area contributed by atoms with E-state index >= 15 is 0 Å². The lowest BCUT2D eigenvalue weighted by atomic mass is 10.2. The highest BCUT2D eigenvalue weighted by atomic mass is 16.5. The van der Waals surface area contributed by atoms with Crippen molar-refractivity contribution in [2.24, 2.45) is 0 Å². The molecule has 0 fully saturated rings. The van der Waals surface area contributed by atoms with Crippen molar-refractivity contribution in [1.82, 2.24) is 4.98 Å². The van der Waals surface area contributed by atoms with Gasteiger partial charge in [0.15, 0.2) is 6.61 Å². The molecule has 0 radical (unpaired) electrons. The van der Waals surface area contributed by atoms with Crippen LogP contribution in [-0.2, 0) is 6.54 Å². The molecule has 21 heavy (non-hydrogen) atoms. The van der Waals surface area contributed by atoms with Crippen molar-refractivity contribution in [3.8, 4) is 11.8 Å². The van der Waals surface area contributed by atoms with Crippen LogP contribution in [0.25, 0.3) is 10.9 Å². The molecule has 0 bridgehead atoms. The number of H-pyrrole nitrogens is 1. The van der Waals surface area contributed by atoms with Crippen molar-refractivity contribution >= 4 is 16.6 Å². The minimum absolute atomic E-state index is 0.0715. The smallest absolute Gasteiger partial charge is 0.174 e. The Kier molecular flexibility index (Phi) is 3.74. The lowest BCUT2D eigenvalue weighted by molar-refractivity contribution is 0.368. The molecule has 0 atom stereocenters. The van der Waals surface area contributed by atoms with Crippen LogP contribution >= 0.6 is 0 Å². The molecule has 0 unspecified atom stereocenters. The summed E-state index contributed by atoms with van der Waals surface area (Å²) in [5.41, 5.74) is 3.40. The van der Waals surface area contributed by atoms with Gasteiger partial charge in [-0.3, -0.25) is 0 Å². The summed E-state index contributed by atoms with van der Waals surface area (Å²) in [7, 11) is 0. The van der Waals surface area contributed by atoms with Gasteiger partial charge in [-0.25, -0.2) is 0 Å². The van der Waals surface area contributed by atoms with Gasteiger partial charge in [-0.1, -0.05) is 18.2 Å². The van der Waals surface area contributed by atoms with Crippen molar-refractivity contribution in [2.45, 2.75) is 6.54 Å². The Morgan fingerprint density at radius 2 is 1.90 bits per heavy atom. The van der Waals surface area contributed by atoms with Crippen LogP contribution < -0.4 is 10.1 Å². The number of aromatic amines is 1. The van der Waals surface area contributed by atoms with Crippen LogP contribution in [0.15, 0.2) is 54.7 Å². The van der Waals surface area contributed by atoms with Gasteiger partial charge in [0.05, 0.1) is 0 Å². The van der Waals surface area contributed by atoms with Gasteiger partial charge in [-0.05, 0) is 35.9 Å². The van der Waals surface area contributed by atoms with E-state index in [0.717, 1.165) is 17.7 Å². The van der Waals surface area contributed by atoms with Gasteiger partial charge >= 0.3 is 0 Å². The predicted octanol–water partition coefficient (Wildman–Crippen LogP) is 3.68. The van der Waals surface area contributed by atoms with Crippen LogP contribution in [0.1, 0.15) is 5.56 Å². The minimum Gasteiger partial charge on any atom is -0.479 e. The molecule has 4 nitrogen and oxygen atoms in total. The second-order valence-electron chi connectivity index (χ2n) is 4.68. The van der Waals surface area contributed by atoms with Crippen LogP contribution in [0.3, 0.4) is 0 Å². The first-order chi connectivity index (χ1) is 10.4. The van der Waals surface area contributed by atoms with E-state index in [2.05, 4.69) is 22.4 Å². The standard InChI is InChI=1S/C17H15N3O/c18-9-10-21-15-7-5-14(6-8-15)19-11-13-12-20-17-4-2-1-3-16(13)17/h1-8,12,19-20H,10-11H2. The SMILES string of the molecule is N#CCOc1ccc(NCc2c[nH]c3ccccc23)cc1. The number of ether oxygens (including phenoxy) is 1. The highest BCUT2D eigenvalue weighted by Gasteiger charge is 2.02. The molecule has 0 saturated carbocycles. The highest BCUT2D eigenvalue weighted by Crippen LogP contribution is 2.20. The predicted molar refractivity (Wildman–Crippen MR) is 83.2 cm³/mol. The molecule has 1 aromatic heterocycles. The topological polar surface area (TPSA) is 60.8 Å². The van der Waals surface area contributed by atoms with E-state index in [4.69, 9.17) is 10.00 Å². The first kappa shape index (κ1) is 13.1. The fourth-order valence-electron chi connectivity index (χ4n) is 2.26. The summed E-state index contributed by atoms with van der Waals surface area (Å²) in [6.07, 6.45) is 2.03. The van der Waals surface area contributed by atoms with Crippen molar-refractivity contribution in [2.75, 3.05) is 11.9 Å². The van der Waals surface area contributed by atoms with Crippen LogP contribution in [0, 0.1) is 11.3 Å². The highest BCUT2D eigenvalue weighted by molar-refractivity contribution is 5.83. The zero-order chi connectivity index (χ0) is 14.5. The molecule has 0 aliphatic heterocycles.